The van der Waals surface area contributed by atoms with Crippen molar-refractivity contribution >= 4 is 53.1 Å². The molecular formula is C17H16Cl2N6O5. The summed E-state index contributed by atoms with van der Waals surface area (Å²) in [4.78, 5) is 73.2. The summed E-state index contributed by atoms with van der Waals surface area (Å²) in [7, 11) is 0. The van der Waals surface area contributed by atoms with Gasteiger partial charge in [-0.1, -0.05) is 24.3 Å². The Morgan fingerprint density at radius 2 is 0.967 bits per heavy atom. The molecule has 158 valence electrons. The van der Waals surface area contributed by atoms with Gasteiger partial charge in [-0.15, -0.1) is 23.2 Å². The molecule has 3 saturated heterocycles. The predicted octanol–water partition coefficient (Wildman–Crippen LogP) is 0.177. The lowest BCUT2D eigenvalue weighted by Gasteiger charge is -2.46. The molecule has 0 bridgehead atoms. The molecule has 5 rings (SSSR count). The van der Waals surface area contributed by atoms with Gasteiger partial charge in [-0.05, 0) is 0 Å². The van der Waals surface area contributed by atoms with Crippen LogP contribution in [0.3, 0.4) is 0 Å². The van der Waals surface area contributed by atoms with Crippen LogP contribution in [0.1, 0.15) is 0 Å². The minimum atomic E-state index is -1.90. The number of amides is 8. The van der Waals surface area contributed by atoms with E-state index in [4.69, 9.17) is 23.2 Å². The van der Waals surface area contributed by atoms with Crippen molar-refractivity contribution in [1.82, 2.24) is 29.4 Å². The van der Waals surface area contributed by atoms with Gasteiger partial charge in [0.2, 0.25) is 11.8 Å². The zero-order valence-electron chi connectivity index (χ0n) is 15.5. The van der Waals surface area contributed by atoms with Gasteiger partial charge in [0, 0.05) is 26.2 Å². The van der Waals surface area contributed by atoms with Gasteiger partial charge in [0.15, 0.2) is 0 Å². The highest BCUT2D eigenvalue weighted by atomic mass is 35.5. The molecule has 0 aromatic rings. The zero-order valence-corrected chi connectivity index (χ0v) is 17.0. The zero-order chi connectivity index (χ0) is 21.4. The van der Waals surface area contributed by atoms with E-state index in [1.807, 2.05) is 0 Å². The van der Waals surface area contributed by atoms with Gasteiger partial charge in [-0.3, -0.25) is 29.2 Å². The molecule has 0 radical (unpaired) electrons. The number of hydrogen-bond acceptors (Lipinski definition) is 5. The minimum absolute atomic E-state index is 0.0284. The van der Waals surface area contributed by atoms with Crippen LogP contribution in [0.25, 0.3) is 0 Å². The lowest BCUT2D eigenvalue weighted by atomic mass is 10.1. The topological polar surface area (TPSA) is 105 Å². The number of imide groups is 2. The molecule has 5 aliphatic rings. The second-order valence-electron chi connectivity index (χ2n) is 7.23. The molecule has 5 aliphatic heterocycles. The maximum atomic E-state index is 13.5. The summed E-state index contributed by atoms with van der Waals surface area (Å²) >= 11 is 11.6. The van der Waals surface area contributed by atoms with Crippen molar-refractivity contribution in [2.45, 2.75) is 11.6 Å². The quantitative estimate of drug-likeness (QED) is 0.437. The smallest absolute Gasteiger partial charge is 0.274 e. The van der Waals surface area contributed by atoms with Crippen LogP contribution >= 0.6 is 23.2 Å². The molecule has 0 aromatic carbocycles. The molecule has 0 saturated carbocycles. The van der Waals surface area contributed by atoms with Crippen LogP contribution in [-0.4, -0.2) is 109 Å². The predicted molar refractivity (Wildman–Crippen MR) is 102 cm³/mol. The number of rotatable bonds is 2. The van der Waals surface area contributed by atoms with Crippen molar-refractivity contribution in [1.29, 1.82) is 0 Å². The first-order valence-electron chi connectivity index (χ1n) is 9.21. The number of carbonyl (C=O) groups excluding carboxylic acids is 5. The first kappa shape index (κ1) is 19.2. The van der Waals surface area contributed by atoms with E-state index in [1.54, 1.807) is 24.3 Å². The highest BCUT2D eigenvalue weighted by molar-refractivity contribution is 6.31. The molecule has 8 amide bonds. The fourth-order valence-corrected chi connectivity index (χ4v) is 5.45. The monoisotopic (exact) mass is 454 g/mol. The average molecular weight is 455 g/mol. The molecular weight excluding hydrogens is 439 g/mol. The summed E-state index contributed by atoms with van der Waals surface area (Å²) in [5, 5.41) is 0. The number of carbonyl (C=O) groups is 5. The Labute approximate surface area is 180 Å². The van der Waals surface area contributed by atoms with E-state index in [0.29, 0.717) is 0 Å². The third-order valence-corrected chi connectivity index (χ3v) is 6.56. The molecule has 0 aromatic heterocycles. The Bertz CT molecular complexity index is 856. The summed E-state index contributed by atoms with van der Waals surface area (Å²) in [6, 6.07) is -2.02. The summed E-state index contributed by atoms with van der Waals surface area (Å²) in [6.45, 7) is 0.114. The third-order valence-electron chi connectivity index (χ3n) is 6.10. The SMILES string of the molecule is O=C1N2CC=CCN3C(=O)N4CC=CCN1C41N(C(=O)CCl)C(=O)N(C(=O)CCl)C231. The lowest BCUT2D eigenvalue weighted by molar-refractivity contribution is -0.169. The van der Waals surface area contributed by atoms with Crippen molar-refractivity contribution in [3.05, 3.63) is 24.3 Å². The van der Waals surface area contributed by atoms with Crippen LogP contribution in [0.15, 0.2) is 24.3 Å². The van der Waals surface area contributed by atoms with Crippen LogP contribution in [0.2, 0.25) is 0 Å². The van der Waals surface area contributed by atoms with Crippen LogP contribution in [0.4, 0.5) is 14.4 Å². The second kappa shape index (κ2) is 6.11. The molecule has 0 atom stereocenters. The Hall–Kier alpha value is -2.79. The highest BCUT2D eigenvalue weighted by Gasteiger charge is 2.90. The molecule has 0 aliphatic carbocycles. The summed E-state index contributed by atoms with van der Waals surface area (Å²) < 4.78 is 0. The van der Waals surface area contributed by atoms with Gasteiger partial charge in [0.1, 0.15) is 11.8 Å². The van der Waals surface area contributed by atoms with E-state index in [0.717, 1.165) is 9.80 Å². The summed E-state index contributed by atoms with van der Waals surface area (Å²) in [5.74, 6) is -6.62. The maximum absolute atomic E-state index is 13.5. The molecule has 3 fully saturated rings. The van der Waals surface area contributed by atoms with Crippen molar-refractivity contribution in [3.63, 3.8) is 0 Å². The Kier molecular flexibility index (Phi) is 3.91. The van der Waals surface area contributed by atoms with E-state index in [2.05, 4.69) is 0 Å². The average Bonchev–Trinajstić information content (AvgIpc) is 3.00. The Morgan fingerprint density at radius 1 is 0.667 bits per heavy atom. The Balaban J connectivity index is 1.91. The van der Waals surface area contributed by atoms with Gasteiger partial charge in [0.25, 0.3) is 11.6 Å². The molecule has 0 unspecified atom stereocenters. The Morgan fingerprint density at radius 3 is 1.23 bits per heavy atom. The minimum Gasteiger partial charge on any atom is -0.274 e. The van der Waals surface area contributed by atoms with Crippen molar-refractivity contribution in [2.24, 2.45) is 0 Å². The molecule has 0 N–H and O–H groups in total. The molecule has 11 nitrogen and oxygen atoms in total. The van der Waals surface area contributed by atoms with E-state index >= 15 is 0 Å². The second-order valence-corrected chi connectivity index (χ2v) is 7.76. The number of hydrogen-bond donors (Lipinski definition) is 0. The van der Waals surface area contributed by atoms with Gasteiger partial charge in [-0.25, -0.2) is 24.2 Å². The fraction of sp³-hybridized carbons (Fsp3) is 0.471. The van der Waals surface area contributed by atoms with Gasteiger partial charge < -0.3 is 0 Å². The number of nitrogens with zero attached hydrogens (tertiary/aromatic N) is 6. The molecule has 5 heterocycles. The van der Waals surface area contributed by atoms with Crippen LogP contribution in [-0.2, 0) is 9.59 Å². The van der Waals surface area contributed by atoms with Crippen LogP contribution in [0, 0.1) is 0 Å². The summed E-state index contributed by atoms with van der Waals surface area (Å²) in [6.07, 6.45) is 6.72. The first-order valence-corrected chi connectivity index (χ1v) is 10.3. The molecule has 30 heavy (non-hydrogen) atoms. The van der Waals surface area contributed by atoms with E-state index in [1.165, 1.54) is 19.6 Å². The van der Waals surface area contributed by atoms with Gasteiger partial charge in [0.05, 0.1) is 0 Å². The number of urea groups is 3. The maximum Gasteiger partial charge on any atom is 0.340 e. The van der Waals surface area contributed by atoms with Gasteiger partial charge in [-0.2, -0.15) is 0 Å². The van der Waals surface area contributed by atoms with Crippen molar-refractivity contribution in [3.8, 4) is 0 Å². The molecule has 2 spiro atoms. The number of halogens is 2. The van der Waals surface area contributed by atoms with Crippen molar-refractivity contribution < 1.29 is 24.0 Å². The summed E-state index contributed by atoms with van der Waals surface area (Å²) in [5.41, 5.74) is 0. The highest BCUT2D eigenvalue weighted by Crippen LogP contribution is 2.59. The standard InChI is InChI=1S/C17H16Cl2N6O5/c18-9-11(26)24-15(30)25(12(27)10-19)17-16(24)20-5-1-2-6-21(16)14(29)23(17)8-4-3-7-22(17)13(20)28/h1-4H,5-10H2. The van der Waals surface area contributed by atoms with Crippen LogP contribution < -0.4 is 0 Å². The first-order chi connectivity index (χ1) is 14.4. The largest absolute Gasteiger partial charge is 0.340 e. The number of alkyl halides is 2. The van der Waals surface area contributed by atoms with E-state index in [9.17, 15) is 24.0 Å². The van der Waals surface area contributed by atoms with Gasteiger partial charge >= 0.3 is 18.1 Å². The molecule has 13 heteroatoms. The third kappa shape index (κ3) is 1.74. The van der Waals surface area contributed by atoms with Crippen LogP contribution in [0.5, 0.6) is 0 Å². The lowest BCUT2D eigenvalue weighted by Crippen LogP contribution is -2.74. The normalized spacial score (nSPS) is 31.5. The fourth-order valence-electron chi connectivity index (χ4n) is 5.21. The van der Waals surface area contributed by atoms with E-state index < -0.39 is 53.2 Å². The van der Waals surface area contributed by atoms with Crippen molar-refractivity contribution in [2.75, 3.05) is 37.9 Å². The van der Waals surface area contributed by atoms with E-state index in [-0.39, 0.29) is 26.2 Å².